The number of rotatable bonds is 5. The fourth-order valence-electron chi connectivity index (χ4n) is 2.13. The normalized spacial score (nSPS) is 27.7. The van der Waals surface area contributed by atoms with Crippen molar-refractivity contribution in [2.24, 2.45) is 15.9 Å². The Labute approximate surface area is 118 Å². The maximum absolute atomic E-state index is 14.0. The highest BCUT2D eigenvalue weighted by Gasteiger charge is 2.26. The van der Waals surface area contributed by atoms with Gasteiger partial charge in [0.15, 0.2) is 5.84 Å². The molecule has 0 aromatic rings. The predicted molar refractivity (Wildman–Crippen MR) is 78.8 cm³/mol. The maximum atomic E-state index is 14.0. The third kappa shape index (κ3) is 3.82. The van der Waals surface area contributed by atoms with Crippen molar-refractivity contribution in [1.82, 2.24) is 5.32 Å². The molecule has 0 heterocycles. The lowest BCUT2D eigenvalue weighted by Crippen LogP contribution is -2.35. The number of hydrogen-bond acceptors (Lipinski definition) is 2. The van der Waals surface area contributed by atoms with E-state index in [2.05, 4.69) is 15.3 Å². The highest BCUT2D eigenvalue weighted by Crippen LogP contribution is 2.29. The first kappa shape index (κ1) is 15.0. The summed E-state index contributed by atoms with van der Waals surface area (Å²) in [5, 5.41) is 3.24. The molecule has 110 valence electrons. The van der Waals surface area contributed by atoms with Gasteiger partial charge in [-0.15, -0.1) is 0 Å². The molecule has 1 N–H and O–H groups in total. The molecule has 5 heteroatoms. The van der Waals surface area contributed by atoms with Crippen molar-refractivity contribution >= 4 is 12.1 Å². The summed E-state index contributed by atoms with van der Waals surface area (Å²) < 4.78 is 26.3. The molecule has 1 saturated carbocycles. The van der Waals surface area contributed by atoms with E-state index in [1.54, 1.807) is 0 Å². The minimum absolute atomic E-state index is 0.0787. The second-order valence-electron chi connectivity index (χ2n) is 5.17. The minimum atomic E-state index is -0.643. The first-order valence-electron chi connectivity index (χ1n) is 7.14. The topological polar surface area (TPSA) is 36.8 Å². The van der Waals surface area contributed by atoms with Gasteiger partial charge in [-0.05, 0) is 25.5 Å². The molecule has 0 amide bonds. The lowest BCUT2D eigenvalue weighted by molar-refractivity contribution is 0.408. The van der Waals surface area contributed by atoms with E-state index in [1.807, 2.05) is 19.9 Å². The summed E-state index contributed by atoms with van der Waals surface area (Å²) in [7, 11) is 0. The van der Waals surface area contributed by atoms with Gasteiger partial charge in [-0.2, -0.15) is 0 Å². The van der Waals surface area contributed by atoms with E-state index >= 15 is 0 Å². The largest absolute Gasteiger partial charge is 0.310 e. The van der Waals surface area contributed by atoms with E-state index in [-0.39, 0.29) is 23.8 Å². The molecule has 2 rings (SSSR count). The summed E-state index contributed by atoms with van der Waals surface area (Å²) in [6.07, 6.45) is 6.64. The Kier molecular flexibility index (Phi) is 5.17. The number of nitrogens with one attached hydrogen (secondary N) is 1. The van der Waals surface area contributed by atoms with Crippen molar-refractivity contribution in [2.45, 2.75) is 38.8 Å². The van der Waals surface area contributed by atoms with Crippen LogP contribution in [0.2, 0.25) is 0 Å². The van der Waals surface area contributed by atoms with Crippen LogP contribution < -0.4 is 5.32 Å². The number of aliphatic imine (C=N–C) groups is 2. The van der Waals surface area contributed by atoms with E-state index in [4.69, 9.17) is 0 Å². The van der Waals surface area contributed by atoms with Crippen molar-refractivity contribution in [1.29, 1.82) is 0 Å². The van der Waals surface area contributed by atoms with Crippen LogP contribution in [0.15, 0.2) is 33.5 Å². The molecule has 1 fully saturated rings. The quantitative estimate of drug-likeness (QED) is 0.610. The fourth-order valence-corrected chi connectivity index (χ4v) is 2.13. The zero-order valence-electron chi connectivity index (χ0n) is 11.9. The minimum Gasteiger partial charge on any atom is -0.310 e. The van der Waals surface area contributed by atoms with Crippen LogP contribution in [-0.2, 0) is 0 Å². The zero-order valence-corrected chi connectivity index (χ0v) is 11.9. The molecule has 3 nitrogen and oxygen atoms in total. The van der Waals surface area contributed by atoms with Crippen LogP contribution in [0.4, 0.5) is 8.78 Å². The summed E-state index contributed by atoms with van der Waals surface area (Å²) in [4.78, 5) is 8.49. The van der Waals surface area contributed by atoms with Gasteiger partial charge in [0.05, 0.1) is 6.04 Å². The predicted octanol–water partition coefficient (Wildman–Crippen LogP) is 3.00. The van der Waals surface area contributed by atoms with Gasteiger partial charge in [0.25, 0.3) is 0 Å². The number of alkyl halides is 1. The number of halogens is 2. The molecule has 0 aromatic carbocycles. The third-order valence-electron chi connectivity index (χ3n) is 3.46. The SMILES string of the molecule is CCNC1C=C(C(=N/C2CC2)/N=C/CF)C=C(F)C1C. The number of hydrogen-bond donors (Lipinski definition) is 1. The monoisotopic (exact) mass is 281 g/mol. The van der Waals surface area contributed by atoms with Crippen molar-refractivity contribution in [3.63, 3.8) is 0 Å². The van der Waals surface area contributed by atoms with Gasteiger partial charge in [0, 0.05) is 23.7 Å². The summed E-state index contributed by atoms with van der Waals surface area (Å²) >= 11 is 0. The summed E-state index contributed by atoms with van der Waals surface area (Å²) in [6.45, 7) is 3.94. The van der Waals surface area contributed by atoms with Crippen molar-refractivity contribution in [3.8, 4) is 0 Å². The number of nitrogens with zero attached hydrogens (tertiary/aromatic N) is 2. The lowest BCUT2D eigenvalue weighted by atomic mass is 9.91. The first-order chi connectivity index (χ1) is 9.65. The van der Waals surface area contributed by atoms with Gasteiger partial charge >= 0.3 is 0 Å². The van der Waals surface area contributed by atoms with Gasteiger partial charge in [-0.3, -0.25) is 4.99 Å². The Hall–Kier alpha value is -1.36. The number of likely N-dealkylation sites (N-methyl/N-ethyl adjacent to an activating group) is 1. The molecule has 0 aromatic heterocycles. The Bertz CT molecular complexity index is 462. The van der Waals surface area contributed by atoms with Crippen LogP contribution in [0.1, 0.15) is 26.7 Å². The van der Waals surface area contributed by atoms with Crippen LogP contribution in [0.5, 0.6) is 0 Å². The van der Waals surface area contributed by atoms with Gasteiger partial charge in [0.1, 0.15) is 12.5 Å². The number of amidine groups is 1. The molecule has 0 aliphatic heterocycles. The lowest BCUT2D eigenvalue weighted by Gasteiger charge is -2.25. The van der Waals surface area contributed by atoms with Gasteiger partial charge < -0.3 is 5.32 Å². The Morgan fingerprint density at radius 1 is 1.50 bits per heavy atom. The molecular formula is C15H21F2N3. The molecule has 0 radical (unpaired) electrons. The highest BCUT2D eigenvalue weighted by molar-refractivity contribution is 6.05. The van der Waals surface area contributed by atoms with Crippen LogP contribution in [0, 0.1) is 5.92 Å². The van der Waals surface area contributed by atoms with Crippen LogP contribution in [0.3, 0.4) is 0 Å². The standard InChI is InChI=1S/C15H21F2N3/c1-3-18-14-9-11(8-13(17)10(14)2)15(19-7-6-16)20-12-4-5-12/h7-10,12,14,18H,3-6H2,1-2H3/b19-7+,20-15-. The fraction of sp³-hybridized carbons (Fsp3) is 0.600. The smallest absolute Gasteiger partial charge is 0.154 e. The molecule has 0 bridgehead atoms. The molecule has 0 spiro atoms. The zero-order chi connectivity index (χ0) is 14.5. The van der Waals surface area contributed by atoms with Crippen molar-refractivity contribution < 1.29 is 8.78 Å². The van der Waals surface area contributed by atoms with Gasteiger partial charge in [-0.25, -0.2) is 13.8 Å². The molecule has 20 heavy (non-hydrogen) atoms. The molecule has 2 unspecified atom stereocenters. The molecular weight excluding hydrogens is 260 g/mol. The molecule has 0 saturated heterocycles. The molecule has 2 aliphatic rings. The average molecular weight is 281 g/mol. The van der Waals surface area contributed by atoms with Crippen LogP contribution in [-0.4, -0.2) is 37.4 Å². The van der Waals surface area contributed by atoms with Crippen molar-refractivity contribution in [3.05, 3.63) is 23.6 Å². The van der Waals surface area contributed by atoms with Crippen LogP contribution >= 0.6 is 0 Å². The highest BCUT2D eigenvalue weighted by atomic mass is 19.1. The van der Waals surface area contributed by atoms with E-state index in [1.165, 1.54) is 12.3 Å². The van der Waals surface area contributed by atoms with Gasteiger partial charge in [0.2, 0.25) is 0 Å². The second kappa shape index (κ2) is 6.88. The van der Waals surface area contributed by atoms with E-state index < -0.39 is 6.67 Å². The van der Waals surface area contributed by atoms with E-state index in [9.17, 15) is 8.78 Å². The van der Waals surface area contributed by atoms with Gasteiger partial charge in [-0.1, -0.05) is 19.9 Å². The first-order valence-corrected chi connectivity index (χ1v) is 7.14. The molecule has 2 atom stereocenters. The Morgan fingerprint density at radius 2 is 2.25 bits per heavy atom. The average Bonchev–Trinajstić information content (AvgIpc) is 3.24. The van der Waals surface area contributed by atoms with Crippen molar-refractivity contribution in [2.75, 3.05) is 13.2 Å². The Morgan fingerprint density at radius 3 is 2.85 bits per heavy atom. The second-order valence-corrected chi connectivity index (χ2v) is 5.17. The van der Waals surface area contributed by atoms with Crippen LogP contribution in [0.25, 0.3) is 0 Å². The summed E-state index contributed by atoms with van der Waals surface area (Å²) in [5.74, 6) is 0.0496. The molecule has 2 aliphatic carbocycles. The van der Waals surface area contributed by atoms with E-state index in [0.29, 0.717) is 11.4 Å². The Balaban J connectivity index is 2.26. The summed E-state index contributed by atoms with van der Waals surface area (Å²) in [5.41, 5.74) is 0.642. The summed E-state index contributed by atoms with van der Waals surface area (Å²) in [6, 6.07) is 0.182. The van der Waals surface area contributed by atoms with E-state index in [0.717, 1.165) is 19.4 Å². The maximum Gasteiger partial charge on any atom is 0.154 e. The third-order valence-corrected chi connectivity index (χ3v) is 3.46.